The summed E-state index contributed by atoms with van der Waals surface area (Å²) in [5.74, 6) is -0.0985. The van der Waals surface area contributed by atoms with Gasteiger partial charge in [-0.2, -0.15) is 0 Å². The molecule has 106 valence electrons. The Hall–Kier alpha value is -1.72. The van der Waals surface area contributed by atoms with E-state index < -0.39 is 0 Å². The Morgan fingerprint density at radius 1 is 1.24 bits per heavy atom. The molecule has 0 aliphatic rings. The first-order valence-corrected chi connectivity index (χ1v) is 8.16. The average molecular weight is 361 g/mol. The van der Waals surface area contributed by atoms with Crippen LogP contribution in [0.2, 0.25) is 0 Å². The molecule has 3 rings (SSSR count). The van der Waals surface area contributed by atoms with Gasteiger partial charge >= 0.3 is 0 Å². The van der Waals surface area contributed by atoms with Crippen LogP contribution in [-0.2, 0) is 0 Å². The van der Waals surface area contributed by atoms with E-state index in [2.05, 4.69) is 50.5 Å². The Balaban J connectivity index is 1.87. The van der Waals surface area contributed by atoms with E-state index in [1.54, 1.807) is 6.20 Å². The zero-order chi connectivity index (χ0) is 14.8. The lowest BCUT2D eigenvalue weighted by molar-refractivity contribution is 0.0944. The zero-order valence-corrected chi connectivity index (χ0v) is 13.7. The van der Waals surface area contributed by atoms with Gasteiger partial charge in [0.25, 0.3) is 5.91 Å². The van der Waals surface area contributed by atoms with Crippen LogP contribution in [0.4, 0.5) is 0 Å². The first kappa shape index (κ1) is 14.2. The number of hydrogen-bond acceptors (Lipinski definition) is 3. The fourth-order valence-electron chi connectivity index (χ4n) is 2.33. The lowest BCUT2D eigenvalue weighted by Crippen LogP contribution is -2.26. The molecule has 1 heterocycles. The van der Waals surface area contributed by atoms with Gasteiger partial charge in [-0.25, -0.2) is 4.98 Å². The molecule has 3 aromatic rings. The summed E-state index contributed by atoms with van der Waals surface area (Å²) in [6, 6.07) is 14.3. The summed E-state index contributed by atoms with van der Waals surface area (Å²) >= 11 is 4.60. The largest absolute Gasteiger partial charge is 0.345 e. The van der Waals surface area contributed by atoms with Gasteiger partial charge in [-0.3, -0.25) is 4.79 Å². The predicted molar refractivity (Wildman–Crippen MR) is 89.6 cm³/mol. The van der Waals surface area contributed by atoms with Gasteiger partial charge < -0.3 is 5.32 Å². The Morgan fingerprint density at radius 3 is 2.76 bits per heavy atom. The average Bonchev–Trinajstić information content (AvgIpc) is 2.93. The number of halogens is 1. The Morgan fingerprint density at radius 2 is 2.00 bits per heavy atom. The number of amides is 1. The molecular weight excluding hydrogens is 348 g/mol. The molecule has 2 aromatic carbocycles. The quantitative estimate of drug-likeness (QED) is 0.744. The van der Waals surface area contributed by atoms with Gasteiger partial charge in [0.2, 0.25) is 0 Å². The molecule has 1 N–H and O–H groups in total. The Kier molecular flexibility index (Phi) is 4.03. The van der Waals surface area contributed by atoms with E-state index in [9.17, 15) is 4.79 Å². The fraction of sp³-hybridized carbons (Fsp3) is 0.125. The highest BCUT2D eigenvalue weighted by molar-refractivity contribution is 9.11. The summed E-state index contributed by atoms with van der Waals surface area (Å²) in [4.78, 5) is 16.9. The Labute approximate surface area is 135 Å². The number of carbonyl (C=O) groups excluding carboxylic acids is 1. The van der Waals surface area contributed by atoms with Crippen molar-refractivity contribution in [2.75, 3.05) is 0 Å². The lowest BCUT2D eigenvalue weighted by Gasteiger charge is -2.16. The van der Waals surface area contributed by atoms with Crippen molar-refractivity contribution in [3.8, 4) is 0 Å². The molecule has 1 amide bonds. The molecule has 1 unspecified atom stereocenters. The third-order valence-electron chi connectivity index (χ3n) is 3.34. The van der Waals surface area contributed by atoms with Crippen LogP contribution in [0.5, 0.6) is 0 Å². The highest BCUT2D eigenvalue weighted by atomic mass is 79.9. The molecule has 0 fully saturated rings. The van der Waals surface area contributed by atoms with E-state index >= 15 is 0 Å². The SMILES string of the molecule is CC(NC(=O)c1cnc(Br)s1)c1cccc2ccccc12. The van der Waals surface area contributed by atoms with Crippen LogP contribution in [0.15, 0.2) is 52.6 Å². The van der Waals surface area contributed by atoms with E-state index in [0.717, 1.165) is 5.56 Å². The second-order valence-electron chi connectivity index (χ2n) is 4.74. The Bertz CT molecular complexity index is 794. The van der Waals surface area contributed by atoms with Crippen molar-refractivity contribution in [2.45, 2.75) is 13.0 Å². The minimum absolute atomic E-state index is 0.0653. The second-order valence-corrected chi connectivity index (χ2v) is 7.05. The van der Waals surface area contributed by atoms with Gasteiger partial charge in [0.15, 0.2) is 3.92 Å². The van der Waals surface area contributed by atoms with E-state index in [1.165, 1.54) is 22.1 Å². The number of nitrogens with one attached hydrogen (secondary N) is 1. The number of hydrogen-bond donors (Lipinski definition) is 1. The van der Waals surface area contributed by atoms with Crippen LogP contribution in [0, 0.1) is 0 Å². The van der Waals surface area contributed by atoms with Crippen molar-refractivity contribution in [3.05, 3.63) is 63.0 Å². The molecule has 0 radical (unpaired) electrons. The summed E-state index contributed by atoms with van der Waals surface area (Å²) in [5, 5.41) is 5.37. The van der Waals surface area contributed by atoms with Crippen LogP contribution in [0.3, 0.4) is 0 Å². The van der Waals surface area contributed by atoms with Crippen LogP contribution in [0.1, 0.15) is 28.2 Å². The number of fused-ring (bicyclic) bond motifs is 1. The first-order valence-electron chi connectivity index (χ1n) is 6.55. The molecule has 0 aliphatic heterocycles. The van der Waals surface area contributed by atoms with Crippen molar-refractivity contribution in [1.29, 1.82) is 0 Å². The summed E-state index contributed by atoms with van der Waals surface area (Å²) in [7, 11) is 0. The number of nitrogens with zero attached hydrogens (tertiary/aromatic N) is 1. The molecule has 21 heavy (non-hydrogen) atoms. The standard InChI is InChI=1S/C16H13BrN2OS/c1-10(19-15(20)14-9-18-16(17)21-14)12-8-4-6-11-5-2-3-7-13(11)12/h2-10H,1H3,(H,19,20). The minimum Gasteiger partial charge on any atom is -0.345 e. The fourth-order valence-corrected chi connectivity index (χ4v) is 3.50. The van der Waals surface area contributed by atoms with E-state index in [0.29, 0.717) is 8.79 Å². The predicted octanol–water partition coefficient (Wildman–Crippen LogP) is 4.55. The number of rotatable bonds is 3. The van der Waals surface area contributed by atoms with E-state index in [1.807, 2.05) is 25.1 Å². The third-order valence-corrected chi connectivity index (χ3v) is 4.81. The maximum atomic E-state index is 12.2. The monoisotopic (exact) mass is 360 g/mol. The summed E-state index contributed by atoms with van der Waals surface area (Å²) in [6.07, 6.45) is 1.58. The second kappa shape index (κ2) is 5.95. The maximum Gasteiger partial charge on any atom is 0.263 e. The molecule has 1 atom stereocenters. The molecule has 0 spiro atoms. The molecule has 5 heteroatoms. The van der Waals surface area contributed by atoms with Gasteiger partial charge in [-0.05, 0) is 39.2 Å². The molecule has 1 aromatic heterocycles. The molecule has 0 saturated heterocycles. The van der Waals surface area contributed by atoms with Crippen LogP contribution in [-0.4, -0.2) is 10.9 Å². The maximum absolute atomic E-state index is 12.2. The highest BCUT2D eigenvalue weighted by Crippen LogP contribution is 2.25. The smallest absolute Gasteiger partial charge is 0.263 e. The van der Waals surface area contributed by atoms with Crippen LogP contribution < -0.4 is 5.32 Å². The first-order chi connectivity index (χ1) is 10.1. The number of carbonyl (C=O) groups is 1. The van der Waals surface area contributed by atoms with Gasteiger partial charge in [0.1, 0.15) is 4.88 Å². The number of aromatic nitrogens is 1. The van der Waals surface area contributed by atoms with Crippen molar-refractivity contribution in [2.24, 2.45) is 0 Å². The highest BCUT2D eigenvalue weighted by Gasteiger charge is 2.15. The van der Waals surface area contributed by atoms with Gasteiger partial charge in [-0.15, -0.1) is 11.3 Å². The number of benzene rings is 2. The normalized spacial score (nSPS) is 12.3. The van der Waals surface area contributed by atoms with Crippen LogP contribution >= 0.6 is 27.3 Å². The lowest BCUT2D eigenvalue weighted by atomic mass is 10.00. The van der Waals surface area contributed by atoms with Crippen molar-refractivity contribution < 1.29 is 4.79 Å². The number of thiazole rings is 1. The molecule has 0 aliphatic carbocycles. The molecule has 3 nitrogen and oxygen atoms in total. The van der Waals surface area contributed by atoms with Gasteiger partial charge in [0, 0.05) is 0 Å². The van der Waals surface area contributed by atoms with Gasteiger partial charge in [0.05, 0.1) is 12.2 Å². The summed E-state index contributed by atoms with van der Waals surface area (Å²) in [6.45, 7) is 2.00. The topological polar surface area (TPSA) is 42.0 Å². The molecule has 0 saturated carbocycles. The van der Waals surface area contributed by atoms with Gasteiger partial charge in [-0.1, -0.05) is 42.5 Å². The van der Waals surface area contributed by atoms with E-state index in [4.69, 9.17) is 0 Å². The van der Waals surface area contributed by atoms with Crippen molar-refractivity contribution in [3.63, 3.8) is 0 Å². The van der Waals surface area contributed by atoms with Crippen LogP contribution in [0.25, 0.3) is 10.8 Å². The summed E-state index contributed by atoms with van der Waals surface area (Å²) < 4.78 is 0.713. The van der Waals surface area contributed by atoms with E-state index in [-0.39, 0.29) is 11.9 Å². The minimum atomic E-state index is -0.0985. The van der Waals surface area contributed by atoms with Crippen molar-refractivity contribution in [1.82, 2.24) is 10.3 Å². The third kappa shape index (κ3) is 2.99. The van der Waals surface area contributed by atoms with Crippen molar-refractivity contribution >= 4 is 43.9 Å². The summed E-state index contributed by atoms with van der Waals surface area (Å²) in [5.41, 5.74) is 1.12. The molecular formula is C16H13BrN2OS. The zero-order valence-electron chi connectivity index (χ0n) is 11.3. The molecule has 0 bridgehead atoms.